The molecule has 0 radical (unpaired) electrons. The second-order valence-corrected chi connectivity index (χ2v) is 8.76. The molecule has 0 bridgehead atoms. The number of anilines is 1. The number of carbonyl (C=O) groups excluding carboxylic acids is 2. The predicted molar refractivity (Wildman–Crippen MR) is 139 cm³/mol. The minimum atomic E-state index is -0.636. The number of carbonyl (C=O) groups is 2. The van der Waals surface area contributed by atoms with Crippen molar-refractivity contribution in [1.82, 2.24) is 14.8 Å². The first-order chi connectivity index (χ1) is 17.5. The number of halogens is 1. The van der Waals surface area contributed by atoms with Gasteiger partial charge in [0.25, 0.3) is 0 Å². The van der Waals surface area contributed by atoms with Gasteiger partial charge in [-0.1, -0.05) is 54.1 Å². The SMILES string of the molecule is CN(C(=O)CCc1ccccc1Cl)[C@@H](CCCCN=[N+]=N)COC(=O)Nc1cc2ccccc2cn1. The molecule has 9 nitrogen and oxygen atoms in total. The summed E-state index contributed by atoms with van der Waals surface area (Å²) in [5.41, 5.74) is 7.67. The predicted octanol–water partition coefficient (Wildman–Crippen LogP) is 5.62. The van der Waals surface area contributed by atoms with Gasteiger partial charge in [-0.05, 0) is 48.8 Å². The molecule has 0 fully saturated rings. The number of amides is 2. The van der Waals surface area contributed by atoms with Crippen LogP contribution in [0.5, 0.6) is 0 Å². The van der Waals surface area contributed by atoms with E-state index in [-0.39, 0.29) is 25.0 Å². The van der Waals surface area contributed by atoms with Gasteiger partial charge in [0, 0.05) is 30.1 Å². The molecule has 2 aromatic carbocycles. The Labute approximate surface area is 215 Å². The Hall–Kier alpha value is -3.81. The highest BCUT2D eigenvalue weighted by Gasteiger charge is 2.22. The zero-order valence-corrected chi connectivity index (χ0v) is 20.9. The van der Waals surface area contributed by atoms with Crippen molar-refractivity contribution in [2.75, 3.05) is 25.5 Å². The Balaban J connectivity index is 1.57. The highest BCUT2D eigenvalue weighted by Crippen LogP contribution is 2.19. The van der Waals surface area contributed by atoms with Crippen molar-refractivity contribution in [3.05, 3.63) is 71.4 Å². The summed E-state index contributed by atoms with van der Waals surface area (Å²) in [6.07, 6.45) is 3.93. The number of unbranched alkanes of at least 4 members (excludes halogenated alkanes) is 1. The maximum atomic E-state index is 12.9. The third-order valence-corrected chi connectivity index (χ3v) is 6.26. The van der Waals surface area contributed by atoms with Crippen molar-refractivity contribution in [3.8, 4) is 0 Å². The van der Waals surface area contributed by atoms with Crippen LogP contribution in [0.4, 0.5) is 10.6 Å². The number of aryl methyl sites for hydroxylation is 1. The Morgan fingerprint density at radius 2 is 1.92 bits per heavy atom. The molecule has 3 aromatic rings. The first-order valence-electron chi connectivity index (χ1n) is 11.8. The second-order valence-electron chi connectivity index (χ2n) is 8.35. The van der Waals surface area contributed by atoms with E-state index in [2.05, 4.69) is 20.3 Å². The first kappa shape index (κ1) is 26.8. The molecule has 2 N–H and O–H groups in total. The number of hydrogen-bond acceptors (Lipinski definition) is 6. The molecule has 1 atom stereocenters. The van der Waals surface area contributed by atoms with E-state index in [1.807, 2.05) is 42.5 Å². The average molecular weight is 510 g/mol. The van der Waals surface area contributed by atoms with Crippen LogP contribution in [0.2, 0.25) is 5.02 Å². The van der Waals surface area contributed by atoms with E-state index in [1.54, 1.807) is 30.3 Å². The molecule has 10 heteroatoms. The smallest absolute Gasteiger partial charge is 0.412 e. The molecule has 0 aliphatic carbocycles. The lowest BCUT2D eigenvalue weighted by molar-refractivity contribution is -0.132. The fourth-order valence-corrected chi connectivity index (χ4v) is 4.02. The van der Waals surface area contributed by atoms with Crippen LogP contribution < -0.4 is 10.2 Å². The monoisotopic (exact) mass is 509 g/mol. The fraction of sp³-hybridized carbons (Fsp3) is 0.346. The van der Waals surface area contributed by atoms with Crippen LogP contribution in [0.1, 0.15) is 31.2 Å². The number of aromatic nitrogens is 1. The summed E-state index contributed by atoms with van der Waals surface area (Å²) in [6.45, 7) is 0.475. The lowest BCUT2D eigenvalue weighted by atomic mass is 10.1. The van der Waals surface area contributed by atoms with Crippen LogP contribution in [-0.4, -0.2) is 48.1 Å². The normalized spacial score (nSPS) is 11.4. The largest absolute Gasteiger partial charge is 0.447 e. The van der Waals surface area contributed by atoms with Gasteiger partial charge in [0.15, 0.2) is 0 Å². The van der Waals surface area contributed by atoms with Crippen LogP contribution in [-0.2, 0) is 16.0 Å². The van der Waals surface area contributed by atoms with Gasteiger partial charge in [0.2, 0.25) is 10.8 Å². The van der Waals surface area contributed by atoms with E-state index in [9.17, 15) is 9.59 Å². The third-order valence-electron chi connectivity index (χ3n) is 5.89. The van der Waals surface area contributed by atoms with E-state index in [4.69, 9.17) is 21.9 Å². The summed E-state index contributed by atoms with van der Waals surface area (Å²) in [6, 6.07) is 16.6. The van der Waals surface area contributed by atoms with Crippen molar-refractivity contribution in [2.45, 2.75) is 38.1 Å². The minimum Gasteiger partial charge on any atom is -0.447 e. The van der Waals surface area contributed by atoms with Crippen LogP contribution in [0.3, 0.4) is 0 Å². The van der Waals surface area contributed by atoms with E-state index >= 15 is 0 Å². The van der Waals surface area contributed by atoms with E-state index in [1.165, 1.54) is 0 Å². The molecular formula is C26H30ClN6O3+. The van der Waals surface area contributed by atoms with Crippen LogP contribution in [0.25, 0.3) is 10.8 Å². The molecule has 1 heterocycles. The van der Waals surface area contributed by atoms with E-state index in [0.717, 1.165) is 22.8 Å². The lowest BCUT2D eigenvalue weighted by Gasteiger charge is -2.28. The number of ether oxygens (including phenoxy) is 1. The van der Waals surface area contributed by atoms with Crippen LogP contribution >= 0.6 is 11.6 Å². The molecule has 1 aromatic heterocycles. The molecule has 0 spiro atoms. The van der Waals surface area contributed by atoms with Crippen LogP contribution in [0.15, 0.2) is 65.9 Å². The number of nitrogens with one attached hydrogen (secondary N) is 2. The molecule has 0 saturated carbocycles. The minimum absolute atomic E-state index is 0.0354. The maximum Gasteiger partial charge on any atom is 0.412 e. The van der Waals surface area contributed by atoms with Gasteiger partial charge in [0.1, 0.15) is 29.6 Å². The molecule has 188 valence electrons. The van der Waals surface area contributed by atoms with E-state index < -0.39 is 6.09 Å². The number of likely N-dealkylation sites (N-methyl/N-ethyl adjacent to an activating group) is 1. The van der Waals surface area contributed by atoms with Gasteiger partial charge < -0.3 is 9.64 Å². The van der Waals surface area contributed by atoms with Crippen molar-refractivity contribution < 1.29 is 14.3 Å². The summed E-state index contributed by atoms with van der Waals surface area (Å²) < 4.78 is 5.47. The molecule has 0 saturated heterocycles. The average Bonchev–Trinajstić information content (AvgIpc) is 2.89. The molecule has 0 aliphatic rings. The summed E-state index contributed by atoms with van der Waals surface area (Å²) in [5, 5.41) is 8.87. The standard InChI is InChI=1S/C26H29ClN6O3/c1-33(25(34)14-13-19-8-4-5-12-23(19)27)22(11-6-7-15-30-32-28)18-36-26(35)31-24-16-20-9-2-3-10-21(20)17-29-24/h2-5,8-10,12,16-17,22,28H,6-7,11,13-15,18H2,1H3/p+1/t22-/m0/s1. The topological polar surface area (TPSA) is 122 Å². The summed E-state index contributed by atoms with van der Waals surface area (Å²) in [4.78, 5) is 34.3. The highest BCUT2D eigenvalue weighted by atomic mass is 35.5. The van der Waals surface area contributed by atoms with Gasteiger partial charge in [0.05, 0.1) is 6.04 Å². The molecule has 0 unspecified atom stereocenters. The van der Waals surface area contributed by atoms with Gasteiger partial charge >= 0.3 is 6.09 Å². The van der Waals surface area contributed by atoms with Gasteiger partial charge in [-0.3, -0.25) is 10.1 Å². The first-order valence-corrected chi connectivity index (χ1v) is 12.2. The van der Waals surface area contributed by atoms with Gasteiger partial charge in [-0.15, -0.1) is 0 Å². The second kappa shape index (κ2) is 13.9. The maximum absolute atomic E-state index is 12.9. The van der Waals surface area contributed by atoms with Crippen LogP contribution in [0, 0.1) is 5.53 Å². The number of pyridine rings is 1. The molecular weight excluding hydrogens is 480 g/mol. The van der Waals surface area contributed by atoms with Crippen molar-refractivity contribution >= 4 is 40.2 Å². The zero-order valence-electron chi connectivity index (χ0n) is 20.2. The summed E-state index contributed by atoms with van der Waals surface area (Å²) in [7, 11) is 1.72. The fourth-order valence-electron chi connectivity index (χ4n) is 3.79. The van der Waals surface area contributed by atoms with Gasteiger partial charge in [-0.2, -0.15) is 0 Å². The Bertz CT molecular complexity index is 1230. The van der Waals surface area contributed by atoms with E-state index in [0.29, 0.717) is 36.6 Å². The lowest BCUT2D eigenvalue weighted by Crippen LogP contribution is -2.41. The summed E-state index contributed by atoms with van der Waals surface area (Å²) >= 11 is 6.22. The molecule has 0 aliphatic heterocycles. The number of fused-ring (bicyclic) bond motifs is 1. The number of benzene rings is 2. The van der Waals surface area contributed by atoms with Crippen molar-refractivity contribution in [2.24, 2.45) is 5.11 Å². The van der Waals surface area contributed by atoms with Gasteiger partial charge in [-0.25, -0.2) is 9.78 Å². The number of hydrogen-bond donors (Lipinski definition) is 2. The number of rotatable bonds is 12. The van der Waals surface area contributed by atoms with Crippen molar-refractivity contribution in [1.29, 1.82) is 5.53 Å². The quantitative estimate of drug-likeness (QED) is 0.187. The van der Waals surface area contributed by atoms with Crippen molar-refractivity contribution in [3.63, 3.8) is 0 Å². The third kappa shape index (κ3) is 8.15. The molecule has 2 amide bonds. The number of nitrogens with zero attached hydrogens (tertiary/aromatic N) is 4. The Morgan fingerprint density at radius 3 is 2.69 bits per heavy atom. The highest BCUT2D eigenvalue weighted by molar-refractivity contribution is 6.31. The Morgan fingerprint density at radius 1 is 1.17 bits per heavy atom. The summed E-state index contributed by atoms with van der Waals surface area (Å²) in [5.74, 6) is 0.325. The Kier molecular flexibility index (Phi) is 10.4. The molecule has 36 heavy (non-hydrogen) atoms. The zero-order chi connectivity index (χ0) is 25.8. The molecule has 3 rings (SSSR count).